The summed E-state index contributed by atoms with van der Waals surface area (Å²) in [5.74, 6) is 1.61. The molecular formula is C22H24N4O. The maximum Gasteiger partial charge on any atom is 0.229 e. The highest BCUT2D eigenvalue weighted by atomic mass is 16.1. The molecule has 0 bridgehead atoms. The van der Waals surface area contributed by atoms with Crippen molar-refractivity contribution in [2.45, 2.75) is 33.6 Å². The van der Waals surface area contributed by atoms with Crippen molar-refractivity contribution >= 4 is 28.9 Å². The van der Waals surface area contributed by atoms with Crippen molar-refractivity contribution in [1.82, 2.24) is 9.97 Å². The molecule has 5 heteroatoms. The van der Waals surface area contributed by atoms with Crippen LogP contribution in [0.4, 0.5) is 23.1 Å². The molecule has 1 heterocycles. The van der Waals surface area contributed by atoms with E-state index in [1.54, 1.807) is 25.3 Å². The maximum absolute atomic E-state index is 11.6. The van der Waals surface area contributed by atoms with Crippen molar-refractivity contribution in [3.05, 3.63) is 71.4 Å². The molecule has 27 heavy (non-hydrogen) atoms. The van der Waals surface area contributed by atoms with Gasteiger partial charge in [-0.2, -0.15) is 4.98 Å². The second-order valence-electron chi connectivity index (χ2n) is 6.85. The summed E-state index contributed by atoms with van der Waals surface area (Å²) in [5, 5.41) is 6.60. The number of carbonyl (C=O) groups excluding carboxylic acids is 1. The molecule has 1 aromatic heterocycles. The number of rotatable bonds is 6. The van der Waals surface area contributed by atoms with E-state index in [4.69, 9.17) is 0 Å². The lowest BCUT2D eigenvalue weighted by Crippen LogP contribution is -2.04. The first-order valence-electron chi connectivity index (χ1n) is 9.01. The van der Waals surface area contributed by atoms with Crippen LogP contribution in [0.1, 0.15) is 48.2 Å². The summed E-state index contributed by atoms with van der Waals surface area (Å²) in [5.41, 5.74) is 4.92. The van der Waals surface area contributed by atoms with Crippen molar-refractivity contribution in [3.8, 4) is 0 Å². The Morgan fingerprint density at radius 2 is 1.81 bits per heavy atom. The molecule has 0 aliphatic heterocycles. The van der Waals surface area contributed by atoms with Crippen LogP contribution in [0, 0.1) is 6.92 Å². The largest absolute Gasteiger partial charge is 0.340 e. The van der Waals surface area contributed by atoms with Gasteiger partial charge in [0.25, 0.3) is 0 Å². The third kappa shape index (κ3) is 4.50. The first kappa shape index (κ1) is 18.6. The third-order valence-corrected chi connectivity index (χ3v) is 4.36. The molecular weight excluding hydrogens is 336 g/mol. The van der Waals surface area contributed by atoms with Crippen LogP contribution in [0.15, 0.2) is 54.7 Å². The van der Waals surface area contributed by atoms with E-state index in [0.717, 1.165) is 11.4 Å². The lowest BCUT2D eigenvalue weighted by atomic mass is 9.98. The van der Waals surface area contributed by atoms with Crippen LogP contribution in [0.2, 0.25) is 0 Å². The SMILES string of the molecule is CC(=O)c1cccc(Nc2nccc(Nc3c(C)cccc3C(C)C)n2)c1. The number of hydrogen-bond donors (Lipinski definition) is 2. The van der Waals surface area contributed by atoms with Gasteiger partial charge < -0.3 is 10.6 Å². The Bertz CT molecular complexity index is 966. The smallest absolute Gasteiger partial charge is 0.229 e. The van der Waals surface area contributed by atoms with Crippen LogP contribution in [-0.4, -0.2) is 15.8 Å². The topological polar surface area (TPSA) is 66.9 Å². The fraction of sp³-hybridized carbons (Fsp3) is 0.227. The van der Waals surface area contributed by atoms with Gasteiger partial charge in [0.2, 0.25) is 5.95 Å². The van der Waals surface area contributed by atoms with E-state index in [2.05, 4.69) is 59.6 Å². The van der Waals surface area contributed by atoms with Gasteiger partial charge in [-0.15, -0.1) is 0 Å². The van der Waals surface area contributed by atoms with Gasteiger partial charge in [-0.3, -0.25) is 4.79 Å². The van der Waals surface area contributed by atoms with E-state index >= 15 is 0 Å². The molecule has 0 saturated heterocycles. The lowest BCUT2D eigenvalue weighted by Gasteiger charge is -2.17. The number of nitrogens with one attached hydrogen (secondary N) is 2. The molecule has 0 amide bonds. The van der Waals surface area contributed by atoms with Crippen LogP contribution in [0.25, 0.3) is 0 Å². The Balaban J connectivity index is 1.85. The predicted molar refractivity (Wildman–Crippen MR) is 110 cm³/mol. The zero-order valence-electron chi connectivity index (χ0n) is 16.1. The first-order valence-corrected chi connectivity index (χ1v) is 9.01. The van der Waals surface area contributed by atoms with Crippen molar-refractivity contribution < 1.29 is 4.79 Å². The minimum absolute atomic E-state index is 0.0238. The molecule has 3 aromatic rings. The van der Waals surface area contributed by atoms with Gasteiger partial charge in [0.1, 0.15) is 5.82 Å². The quantitative estimate of drug-likeness (QED) is 0.560. The molecule has 0 saturated carbocycles. The van der Waals surface area contributed by atoms with Crippen LogP contribution in [0.3, 0.4) is 0 Å². The van der Waals surface area contributed by atoms with E-state index in [0.29, 0.717) is 23.2 Å². The molecule has 5 nitrogen and oxygen atoms in total. The molecule has 2 aromatic carbocycles. The molecule has 2 N–H and O–H groups in total. The molecule has 0 fully saturated rings. The number of ketones is 1. The molecule has 0 atom stereocenters. The lowest BCUT2D eigenvalue weighted by molar-refractivity contribution is 0.101. The van der Waals surface area contributed by atoms with Crippen LogP contribution in [-0.2, 0) is 0 Å². The second kappa shape index (κ2) is 7.99. The highest BCUT2D eigenvalue weighted by molar-refractivity contribution is 5.95. The summed E-state index contributed by atoms with van der Waals surface area (Å²) in [7, 11) is 0. The van der Waals surface area contributed by atoms with Crippen LogP contribution < -0.4 is 10.6 Å². The molecule has 3 rings (SSSR count). The fourth-order valence-electron chi connectivity index (χ4n) is 2.90. The summed E-state index contributed by atoms with van der Waals surface area (Å²) in [6, 6.07) is 15.4. The van der Waals surface area contributed by atoms with Crippen molar-refractivity contribution in [3.63, 3.8) is 0 Å². The van der Waals surface area contributed by atoms with Crippen LogP contribution >= 0.6 is 0 Å². The molecule has 0 spiro atoms. The van der Waals surface area contributed by atoms with E-state index < -0.39 is 0 Å². The number of anilines is 4. The van der Waals surface area contributed by atoms with Gasteiger partial charge in [0, 0.05) is 23.1 Å². The van der Waals surface area contributed by atoms with Crippen molar-refractivity contribution in [2.24, 2.45) is 0 Å². The number of Topliss-reactive ketones (excluding diaryl/α,β-unsaturated/α-hetero) is 1. The standard InChI is InChI=1S/C22H24N4O/c1-14(2)19-10-5-7-15(3)21(19)25-20-11-12-23-22(26-20)24-18-9-6-8-17(13-18)16(4)27/h5-14H,1-4H3,(H2,23,24,25,26). The minimum Gasteiger partial charge on any atom is -0.340 e. The molecule has 0 radical (unpaired) electrons. The average molecular weight is 360 g/mol. The number of carbonyl (C=O) groups is 1. The van der Waals surface area contributed by atoms with Gasteiger partial charge in [0.15, 0.2) is 5.78 Å². The number of aromatic nitrogens is 2. The zero-order chi connectivity index (χ0) is 19.4. The van der Waals surface area contributed by atoms with Gasteiger partial charge in [-0.1, -0.05) is 44.2 Å². The first-order chi connectivity index (χ1) is 12.9. The Labute approximate surface area is 159 Å². The van der Waals surface area contributed by atoms with Gasteiger partial charge in [0.05, 0.1) is 0 Å². The monoisotopic (exact) mass is 360 g/mol. The maximum atomic E-state index is 11.6. The summed E-state index contributed by atoms with van der Waals surface area (Å²) >= 11 is 0. The van der Waals surface area contributed by atoms with E-state index in [-0.39, 0.29) is 5.78 Å². The number of benzene rings is 2. The number of nitrogens with zero attached hydrogens (tertiary/aromatic N) is 2. The average Bonchev–Trinajstić information content (AvgIpc) is 2.63. The molecule has 0 unspecified atom stereocenters. The van der Waals surface area contributed by atoms with E-state index in [1.165, 1.54) is 11.1 Å². The predicted octanol–water partition coefficient (Wildman–Crippen LogP) is 5.60. The number of hydrogen-bond acceptors (Lipinski definition) is 5. The summed E-state index contributed by atoms with van der Waals surface area (Å²) in [6.07, 6.45) is 1.71. The minimum atomic E-state index is 0.0238. The Hall–Kier alpha value is -3.21. The van der Waals surface area contributed by atoms with Gasteiger partial charge >= 0.3 is 0 Å². The third-order valence-electron chi connectivity index (χ3n) is 4.36. The molecule has 0 aliphatic carbocycles. The van der Waals surface area contributed by atoms with Gasteiger partial charge in [-0.25, -0.2) is 4.98 Å². The number of aryl methyl sites for hydroxylation is 1. The van der Waals surface area contributed by atoms with Crippen LogP contribution in [0.5, 0.6) is 0 Å². The van der Waals surface area contributed by atoms with Crippen molar-refractivity contribution in [1.29, 1.82) is 0 Å². The van der Waals surface area contributed by atoms with Crippen molar-refractivity contribution in [2.75, 3.05) is 10.6 Å². The molecule has 0 aliphatic rings. The number of para-hydroxylation sites is 1. The van der Waals surface area contributed by atoms with E-state index in [1.807, 2.05) is 18.2 Å². The highest BCUT2D eigenvalue weighted by Crippen LogP contribution is 2.30. The summed E-state index contributed by atoms with van der Waals surface area (Å²) < 4.78 is 0. The summed E-state index contributed by atoms with van der Waals surface area (Å²) in [4.78, 5) is 20.4. The van der Waals surface area contributed by atoms with E-state index in [9.17, 15) is 4.79 Å². The highest BCUT2D eigenvalue weighted by Gasteiger charge is 2.10. The molecule has 138 valence electrons. The Kier molecular flexibility index (Phi) is 5.50. The zero-order valence-corrected chi connectivity index (χ0v) is 16.1. The van der Waals surface area contributed by atoms with Gasteiger partial charge in [-0.05, 0) is 49.1 Å². The summed E-state index contributed by atoms with van der Waals surface area (Å²) in [6.45, 7) is 7.99. The Morgan fingerprint density at radius 1 is 1.04 bits per heavy atom. The normalized spacial score (nSPS) is 10.7. The Morgan fingerprint density at radius 3 is 2.56 bits per heavy atom. The fourth-order valence-corrected chi connectivity index (χ4v) is 2.90. The second-order valence-corrected chi connectivity index (χ2v) is 6.85.